The number of aromatic nitrogens is 1. The minimum Gasteiger partial charge on any atom is -0.381 e. The molecule has 2 N–H and O–H groups in total. The van der Waals surface area contributed by atoms with Crippen LogP contribution in [0, 0.1) is 32.6 Å². The number of hydrogen-bond acceptors (Lipinski definition) is 5. The highest BCUT2D eigenvalue weighted by Crippen LogP contribution is 2.34. The van der Waals surface area contributed by atoms with Crippen molar-refractivity contribution < 1.29 is 17.9 Å². The van der Waals surface area contributed by atoms with Crippen LogP contribution in [0.2, 0.25) is 0 Å². The van der Waals surface area contributed by atoms with Gasteiger partial charge in [0.2, 0.25) is 0 Å². The van der Waals surface area contributed by atoms with Gasteiger partial charge in [0.25, 0.3) is 0 Å². The molecule has 0 saturated carbocycles. The van der Waals surface area contributed by atoms with Crippen molar-refractivity contribution in [2.75, 3.05) is 26.3 Å². The van der Waals surface area contributed by atoms with Crippen molar-refractivity contribution in [2.45, 2.75) is 94.3 Å². The lowest BCUT2D eigenvalue weighted by atomic mass is 9.97. The Morgan fingerprint density at radius 1 is 1.19 bits per heavy atom. The van der Waals surface area contributed by atoms with Crippen molar-refractivity contribution >= 4 is 5.71 Å². The lowest BCUT2D eigenvalue weighted by Crippen LogP contribution is -2.40. The van der Waals surface area contributed by atoms with E-state index in [-0.39, 0.29) is 13.0 Å². The first-order chi connectivity index (χ1) is 19.8. The topological polar surface area (TPSA) is 63.7 Å². The molecule has 1 unspecified atom stereocenters. The van der Waals surface area contributed by atoms with Crippen LogP contribution < -0.4 is 5.73 Å². The Bertz CT molecular complexity index is 1160. The number of benzene rings is 1. The zero-order valence-corrected chi connectivity index (χ0v) is 27.3. The van der Waals surface area contributed by atoms with Crippen LogP contribution in [0.5, 0.6) is 0 Å². The van der Waals surface area contributed by atoms with E-state index in [2.05, 4.69) is 58.3 Å². The van der Waals surface area contributed by atoms with E-state index < -0.39 is 12.1 Å². The maximum Gasteiger partial charge on any atom is 0.393 e. The third-order valence-corrected chi connectivity index (χ3v) is 7.11. The van der Waals surface area contributed by atoms with Crippen molar-refractivity contribution in [3.05, 3.63) is 64.6 Å². The molecule has 1 aliphatic heterocycles. The summed E-state index contributed by atoms with van der Waals surface area (Å²) in [6.07, 6.45) is -2.42. The minimum atomic E-state index is -4.19. The number of rotatable bonds is 9. The molecule has 0 bridgehead atoms. The molecule has 0 amide bonds. The first-order valence-corrected chi connectivity index (χ1v) is 15.2. The molecule has 1 aliphatic rings. The monoisotopic (exact) mass is 590 g/mol. The number of piperidine rings is 1. The third kappa shape index (κ3) is 11.5. The summed E-state index contributed by atoms with van der Waals surface area (Å²) in [6.45, 7) is 25.0. The SMILES string of the molecule is C=C(/N=C(/C)c1ccc(-c2cc(C)c(C)c(CN)c2)nc1C)N1CCCC(C(F)(F)F)C1.CC.CCCOCC(C)C. The first kappa shape index (κ1) is 37.3. The summed E-state index contributed by atoms with van der Waals surface area (Å²) < 4.78 is 44.6. The number of likely N-dealkylation sites (tertiary alicyclic amines) is 1. The van der Waals surface area contributed by atoms with Crippen molar-refractivity contribution in [3.63, 3.8) is 0 Å². The van der Waals surface area contributed by atoms with Gasteiger partial charge in [-0.1, -0.05) is 41.2 Å². The molecular formula is C34H53F3N4O. The van der Waals surface area contributed by atoms with Gasteiger partial charge in [-0.05, 0) is 93.8 Å². The van der Waals surface area contributed by atoms with Crippen LogP contribution in [-0.4, -0.2) is 48.1 Å². The summed E-state index contributed by atoms with van der Waals surface area (Å²) in [4.78, 5) is 10.9. The van der Waals surface area contributed by atoms with Gasteiger partial charge in [-0.2, -0.15) is 13.2 Å². The summed E-state index contributed by atoms with van der Waals surface area (Å²) in [6, 6.07) is 8.07. The normalized spacial score (nSPS) is 15.5. The first-order valence-electron chi connectivity index (χ1n) is 15.2. The van der Waals surface area contributed by atoms with Gasteiger partial charge in [0, 0.05) is 55.4 Å². The zero-order chi connectivity index (χ0) is 32.0. The molecule has 5 nitrogen and oxygen atoms in total. The molecule has 42 heavy (non-hydrogen) atoms. The standard InChI is InChI=1S/C25H31F3N4.C7H16O.C2H6/c1-15-11-20(12-21(13-29)16(15)2)24-9-8-23(18(4)31-24)17(3)30-19(5)32-10-6-7-22(14-32)25(26,27)28;1-4-5-8-6-7(2)3;1-2/h8-9,11-12,22H,5-7,10,13-14,29H2,1-4H3;7H,4-6H2,1-3H3;1-2H3/b30-17-;;. The Morgan fingerprint density at radius 2 is 1.86 bits per heavy atom. The maximum absolute atomic E-state index is 13.1. The van der Waals surface area contributed by atoms with Crippen molar-refractivity contribution in [1.29, 1.82) is 0 Å². The summed E-state index contributed by atoms with van der Waals surface area (Å²) in [7, 11) is 0. The molecule has 2 aromatic rings. The van der Waals surface area contributed by atoms with E-state index in [1.54, 1.807) is 4.90 Å². The fourth-order valence-electron chi connectivity index (χ4n) is 4.66. The molecule has 2 heterocycles. The van der Waals surface area contributed by atoms with Gasteiger partial charge in [0.1, 0.15) is 5.82 Å². The number of pyridine rings is 1. The van der Waals surface area contributed by atoms with E-state index in [0.717, 1.165) is 47.7 Å². The molecule has 1 atom stereocenters. The highest BCUT2D eigenvalue weighted by atomic mass is 19.4. The number of alkyl halides is 3. The van der Waals surface area contributed by atoms with Gasteiger partial charge in [0.15, 0.2) is 0 Å². The van der Waals surface area contributed by atoms with E-state index in [1.807, 2.05) is 39.8 Å². The minimum absolute atomic E-state index is 0.0917. The van der Waals surface area contributed by atoms with Gasteiger partial charge in [-0.3, -0.25) is 4.98 Å². The third-order valence-electron chi connectivity index (χ3n) is 7.11. The van der Waals surface area contributed by atoms with E-state index >= 15 is 0 Å². The molecule has 3 rings (SSSR count). The number of hydrogen-bond donors (Lipinski definition) is 1. The second-order valence-electron chi connectivity index (χ2n) is 11.0. The van der Waals surface area contributed by atoms with Gasteiger partial charge in [0.05, 0.1) is 11.6 Å². The maximum atomic E-state index is 13.1. The fourth-order valence-corrected chi connectivity index (χ4v) is 4.66. The summed E-state index contributed by atoms with van der Waals surface area (Å²) in [5.74, 6) is -0.286. The average Bonchev–Trinajstić information content (AvgIpc) is 2.95. The Kier molecular flexibility index (Phi) is 16.0. The highest BCUT2D eigenvalue weighted by Gasteiger charge is 2.42. The molecule has 0 aliphatic carbocycles. The zero-order valence-electron chi connectivity index (χ0n) is 27.3. The van der Waals surface area contributed by atoms with Crippen LogP contribution in [-0.2, 0) is 11.3 Å². The molecule has 1 fully saturated rings. The number of nitrogens with zero attached hydrogens (tertiary/aromatic N) is 3. The van der Waals surface area contributed by atoms with Crippen LogP contribution in [0.4, 0.5) is 13.2 Å². The molecule has 1 aromatic heterocycles. The van der Waals surface area contributed by atoms with Gasteiger partial charge >= 0.3 is 6.18 Å². The molecule has 236 valence electrons. The van der Waals surface area contributed by atoms with Crippen LogP contribution in [0.1, 0.15) is 88.8 Å². The van der Waals surface area contributed by atoms with Crippen LogP contribution in [0.3, 0.4) is 0 Å². The van der Waals surface area contributed by atoms with Gasteiger partial charge in [-0.25, -0.2) is 4.99 Å². The van der Waals surface area contributed by atoms with Crippen molar-refractivity contribution in [2.24, 2.45) is 22.6 Å². The molecular weight excluding hydrogens is 537 g/mol. The Labute approximate surface area is 252 Å². The number of halogens is 3. The summed E-state index contributed by atoms with van der Waals surface area (Å²) >= 11 is 0. The second-order valence-corrected chi connectivity index (χ2v) is 11.0. The quantitative estimate of drug-likeness (QED) is 0.234. The van der Waals surface area contributed by atoms with Crippen molar-refractivity contribution in [3.8, 4) is 11.3 Å². The lowest BCUT2D eigenvalue weighted by Gasteiger charge is -2.35. The average molecular weight is 591 g/mol. The molecule has 8 heteroatoms. The largest absolute Gasteiger partial charge is 0.393 e. The van der Waals surface area contributed by atoms with Gasteiger partial charge in [-0.15, -0.1) is 0 Å². The van der Waals surface area contributed by atoms with E-state index in [0.29, 0.717) is 37.0 Å². The van der Waals surface area contributed by atoms with E-state index in [1.165, 1.54) is 11.1 Å². The van der Waals surface area contributed by atoms with Crippen LogP contribution >= 0.6 is 0 Å². The van der Waals surface area contributed by atoms with Crippen LogP contribution in [0.15, 0.2) is 41.7 Å². The molecule has 0 spiro atoms. The molecule has 0 radical (unpaired) electrons. The predicted octanol–water partition coefficient (Wildman–Crippen LogP) is 8.78. The number of nitrogens with two attached hydrogens (primary N) is 1. The van der Waals surface area contributed by atoms with E-state index in [4.69, 9.17) is 15.5 Å². The Morgan fingerprint density at radius 3 is 2.40 bits per heavy atom. The highest BCUT2D eigenvalue weighted by molar-refractivity contribution is 6.00. The molecule has 1 saturated heterocycles. The van der Waals surface area contributed by atoms with Gasteiger partial charge < -0.3 is 15.4 Å². The Balaban J connectivity index is 0.000000762. The fraction of sp³-hybridized carbons (Fsp3) is 0.588. The summed E-state index contributed by atoms with van der Waals surface area (Å²) in [5, 5.41) is 0. The predicted molar refractivity (Wildman–Crippen MR) is 171 cm³/mol. The smallest absolute Gasteiger partial charge is 0.381 e. The van der Waals surface area contributed by atoms with E-state index in [9.17, 15) is 13.2 Å². The molecule has 1 aromatic carbocycles. The summed E-state index contributed by atoms with van der Waals surface area (Å²) in [5.41, 5.74) is 13.5. The Hall–Kier alpha value is -2.71. The second kappa shape index (κ2) is 18.1. The van der Waals surface area contributed by atoms with Crippen LogP contribution in [0.25, 0.3) is 11.3 Å². The number of ether oxygens (including phenoxy) is 1. The number of aryl methyl sites for hydroxylation is 2. The number of aliphatic imine (C=N–C) groups is 1. The van der Waals surface area contributed by atoms with Crippen molar-refractivity contribution in [1.82, 2.24) is 9.88 Å². The lowest BCUT2D eigenvalue weighted by molar-refractivity contribution is -0.184.